The van der Waals surface area contributed by atoms with E-state index in [-0.39, 0.29) is 17.0 Å². The van der Waals surface area contributed by atoms with Crippen LogP contribution in [0.15, 0.2) is 72.1 Å². The van der Waals surface area contributed by atoms with E-state index in [0.717, 1.165) is 49.3 Å². The summed E-state index contributed by atoms with van der Waals surface area (Å²) in [6, 6.07) is 6.15. The molecule has 0 unspecified atom stereocenters. The number of likely N-dealkylation sites (tertiary alicyclic amines) is 1. The van der Waals surface area contributed by atoms with E-state index < -0.39 is 17.5 Å². The summed E-state index contributed by atoms with van der Waals surface area (Å²) < 4.78 is 43.8. The highest BCUT2D eigenvalue weighted by molar-refractivity contribution is 5.72. The van der Waals surface area contributed by atoms with Crippen molar-refractivity contribution >= 4 is 5.70 Å². The normalized spacial score (nSPS) is 18.7. The third kappa shape index (κ3) is 5.11. The molecule has 0 radical (unpaired) electrons. The quantitative estimate of drug-likeness (QED) is 0.448. The van der Waals surface area contributed by atoms with Gasteiger partial charge in [0, 0.05) is 13.1 Å². The Morgan fingerprint density at radius 3 is 2.47 bits per heavy atom. The molecule has 2 fully saturated rings. The van der Waals surface area contributed by atoms with Gasteiger partial charge >= 0.3 is 0 Å². The monoisotopic (exact) mass is 465 g/mol. The van der Waals surface area contributed by atoms with Crippen molar-refractivity contribution in [2.24, 2.45) is 5.92 Å². The number of pyridine rings is 1. The number of allylic oxidation sites excluding steroid dienone is 4. The molecule has 2 aromatic rings. The molecule has 0 amide bonds. The molecule has 3 nitrogen and oxygen atoms in total. The Bertz CT molecular complexity index is 1150. The van der Waals surface area contributed by atoms with Gasteiger partial charge in [-0.05, 0) is 80.5 Å². The Balaban J connectivity index is 1.77. The van der Waals surface area contributed by atoms with Crippen LogP contribution in [0.5, 0.6) is 0 Å². The molecule has 4 rings (SSSR count). The number of hydrogen-bond donors (Lipinski definition) is 1. The Kier molecular flexibility index (Phi) is 7.25. The topological polar surface area (TPSA) is 28.2 Å². The second-order valence-corrected chi connectivity index (χ2v) is 8.92. The highest BCUT2D eigenvalue weighted by Crippen LogP contribution is 2.37. The summed E-state index contributed by atoms with van der Waals surface area (Å²) in [5.41, 5.74) is 3.14. The zero-order valence-electron chi connectivity index (χ0n) is 19.7. The van der Waals surface area contributed by atoms with Gasteiger partial charge in [-0.1, -0.05) is 25.6 Å². The predicted molar refractivity (Wildman–Crippen MR) is 131 cm³/mol. The summed E-state index contributed by atoms with van der Waals surface area (Å²) in [4.78, 5) is 6.70. The molecule has 0 spiro atoms. The maximum atomic E-state index is 15.0. The van der Waals surface area contributed by atoms with Crippen LogP contribution in [0.1, 0.15) is 45.2 Å². The first-order valence-electron chi connectivity index (χ1n) is 11.8. The number of hydrogen-bond acceptors (Lipinski definition) is 3. The number of halogens is 3. The number of benzene rings is 1. The first-order chi connectivity index (χ1) is 16.4. The van der Waals surface area contributed by atoms with Crippen LogP contribution in [-0.4, -0.2) is 23.0 Å². The van der Waals surface area contributed by atoms with Gasteiger partial charge in [0.1, 0.15) is 17.3 Å². The molecule has 2 heterocycles. The first-order valence-corrected chi connectivity index (χ1v) is 11.8. The van der Waals surface area contributed by atoms with E-state index in [1.165, 1.54) is 36.8 Å². The van der Waals surface area contributed by atoms with Crippen LogP contribution in [0.3, 0.4) is 0 Å². The lowest BCUT2D eigenvalue weighted by Crippen LogP contribution is -2.35. The molecule has 0 bridgehead atoms. The fourth-order valence-corrected chi connectivity index (χ4v) is 4.41. The van der Waals surface area contributed by atoms with Gasteiger partial charge in [-0.3, -0.25) is 0 Å². The van der Waals surface area contributed by atoms with Gasteiger partial charge in [-0.2, -0.15) is 0 Å². The summed E-state index contributed by atoms with van der Waals surface area (Å²) in [5, 5.41) is 3.39. The zero-order chi connectivity index (χ0) is 24.2. The lowest BCUT2D eigenvalue weighted by molar-refractivity contribution is 0.233. The first kappa shape index (κ1) is 23.9. The Morgan fingerprint density at radius 1 is 1.12 bits per heavy atom. The Labute approximate surface area is 199 Å². The van der Waals surface area contributed by atoms with Crippen molar-refractivity contribution in [1.29, 1.82) is 0 Å². The van der Waals surface area contributed by atoms with E-state index in [0.29, 0.717) is 11.6 Å². The second kappa shape index (κ2) is 10.3. The molecule has 2 aliphatic rings. The van der Waals surface area contributed by atoms with Crippen molar-refractivity contribution in [3.8, 4) is 11.3 Å². The molecule has 1 aliphatic heterocycles. The fraction of sp³-hybridized carbons (Fsp3) is 0.321. The molecule has 1 saturated carbocycles. The van der Waals surface area contributed by atoms with E-state index in [1.54, 1.807) is 6.08 Å². The molecule has 1 atom stereocenters. The summed E-state index contributed by atoms with van der Waals surface area (Å²) in [5.74, 6) is -1.45. The van der Waals surface area contributed by atoms with Gasteiger partial charge in [0.05, 0.1) is 28.3 Å². The number of nitrogens with zero attached hydrogens (tertiary/aromatic N) is 2. The molecule has 1 saturated heterocycles. The van der Waals surface area contributed by atoms with Crippen LogP contribution in [0.2, 0.25) is 0 Å². The van der Waals surface area contributed by atoms with E-state index in [4.69, 9.17) is 0 Å². The van der Waals surface area contributed by atoms with Gasteiger partial charge < -0.3 is 10.2 Å². The van der Waals surface area contributed by atoms with Crippen molar-refractivity contribution in [2.45, 2.75) is 39.5 Å². The maximum Gasteiger partial charge on any atom is 0.151 e. The minimum Gasteiger partial charge on any atom is -0.370 e. The molecule has 1 aromatic heterocycles. The van der Waals surface area contributed by atoms with Crippen LogP contribution in [0.25, 0.3) is 17.0 Å². The van der Waals surface area contributed by atoms with Crippen molar-refractivity contribution in [3.63, 3.8) is 0 Å². The molecule has 1 N–H and O–H groups in total. The average Bonchev–Trinajstić information content (AvgIpc) is 3.65. The van der Waals surface area contributed by atoms with Crippen molar-refractivity contribution < 1.29 is 13.2 Å². The largest absolute Gasteiger partial charge is 0.370 e. The lowest BCUT2D eigenvalue weighted by Gasteiger charge is -2.35. The van der Waals surface area contributed by atoms with Crippen molar-refractivity contribution in [1.82, 2.24) is 15.2 Å². The average molecular weight is 466 g/mol. The van der Waals surface area contributed by atoms with Crippen molar-refractivity contribution in [3.05, 3.63) is 95.3 Å². The Hall–Kier alpha value is -3.28. The van der Waals surface area contributed by atoms with Crippen LogP contribution in [0, 0.1) is 23.4 Å². The maximum absolute atomic E-state index is 15.0. The zero-order valence-corrected chi connectivity index (χ0v) is 19.7. The number of rotatable bonds is 7. The third-order valence-electron chi connectivity index (χ3n) is 6.22. The predicted octanol–water partition coefficient (Wildman–Crippen LogP) is 6.97. The van der Waals surface area contributed by atoms with E-state index in [9.17, 15) is 8.78 Å². The smallest absolute Gasteiger partial charge is 0.151 e. The van der Waals surface area contributed by atoms with Crippen LogP contribution in [0.4, 0.5) is 13.2 Å². The Morgan fingerprint density at radius 2 is 1.85 bits per heavy atom. The third-order valence-corrected chi connectivity index (χ3v) is 6.22. The molecule has 178 valence electrons. The number of nitrogens with one attached hydrogen (secondary N) is 1. The van der Waals surface area contributed by atoms with Crippen LogP contribution < -0.4 is 5.32 Å². The van der Waals surface area contributed by atoms with Gasteiger partial charge in [-0.15, -0.1) is 0 Å². The second-order valence-electron chi connectivity index (χ2n) is 8.92. The minimum absolute atomic E-state index is 0.0511. The number of piperidine rings is 1. The summed E-state index contributed by atoms with van der Waals surface area (Å²) in [6.45, 7) is 10.1. The molecular formula is C28H30F3N3. The SMILES string of the molecule is C=C/C(NC(=C1CC1)c1nc(-c2c(F)cccc2F)ccc1F)=C(\C=C/C)N1CCC[C@H](C)C1. The van der Waals surface area contributed by atoms with Crippen LogP contribution in [-0.2, 0) is 0 Å². The van der Waals surface area contributed by atoms with Gasteiger partial charge in [0.2, 0.25) is 0 Å². The highest BCUT2D eigenvalue weighted by atomic mass is 19.1. The minimum atomic E-state index is -0.736. The molecule has 6 heteroatoms. The van der Waals surface area contributed by atoms with Gasteiger partial charge in [-0.25, -0.2) is 18.2 Å². The summed E-state index contributed by atoms with van der Waals surface area (Å²) in [6.07, 6.45) is 9.66. The standard InChI is InChI=1S/C28H30F3N3/c1-4-8-25(34-16-7-9-18(3)17-34)23(5-2)32-27(19-12-13-19)28-22(31)14-15-24(33-28)26-20(29)10-6-11-21(26)30/h4-6,8,10-11,14-15,18,32H,2,7,9,12-13,16-17H2,1,3H3/b8-4-,25-23-/t18-/m0/s1. The molecular weight excluding hydrogens is 435 g/mol. The molecule has 1 aliphatic carbocycles. The van der Waals surface area contributed by atoms with Crippen LogP contribution >= 0.6 is 0 Å². The molecule has 34 heavy (non-hydrogen) atoms. The van der Waals surface area contributed by atoms with E-state index in [1.807, 2.05) is 19.1 Å². The summed E-state index contributed by atoms with van der Waals surface area (Å²) >= 11 is 0. The van der Waals surface area contributed by atoms with Gasteiger partial charge in [0.15, 0.2) is 5.82 Å². The highest BCUT2D eigenvalue weighted by Gasteiger charge is 2.26. The molecule has 1 aromatic carbocycles. The van der Waals surface area contributed by atoms with E-state index in [2.05, 4.69) is 28.7 Å². The summed E-state index contributed by atoms with van der Waals surface area (Å²) in [7, 11) is 0. The van der Waals surface area contributed by atoms with E-state index >= 15 is 4.39 Å². The lowest BCUT2D eigenvalue weighted by atomic mass is 9.99. The number of aromatic nitrogens is 1. The van der Waals surface area contributed by atoms with Gasteiger partial charge in [0.25, 0.3) is 0 Å². The van der Waals surface area contributed by atoms with Crippen molar-refractivity contribution in [2.75, 3.05) is 13.1 Å². The fourth-order valence-electron chi connectivity index (χ4n) is 4.41.